The SMILES string of the molecule is CCCNC(=O)C(CC)N(Cc1ccc(Cl)cc1)C(=O)CN(c1cc(Cl)ccc1OC)S(=O)(=O)c1ccc(C)cc1. The van der Waals surface area contributed by atoms with Gasteiger partial charge in [0.15, 0.2) is 0 Å². The number of hydrogen-bond donors (Lipinski definition) is 1. The molecule has 220 valence electrons. The third-order valence-electron chi connectivity index (χ3n) is 6.50. The van der Waals surface area contributed by atoms with Gasteiger partial charge in [0.25, 0.3) is 10.0 Å². The number of rotatable bonds is 13. The molecule has 3 aromatic rings. The monoisotopic (exact) mass is 619 g/mol. The first-order valence-electron chi connectivity index (χ1n) is 13.3. The molecule has 11 heteroatoms. The van der Waals surface area contributed by atoms with Crippen molar-refractivity contribution in [2.45, 2.75) is 51.1 Å². The average Bonchev–Trinajstić information content (AvgIpc) is 2.95. The van der Waals surface area contributed by atoms with Crippen molar-refractivity contribution in [3.05, 3.63) is 87.9 Å². The van der Waals surface area contributed by atoms with Crippen molar-refractivity contribution < 1.29 is 22.7 Å². The summed E-state index contributed by atoms with van der Waals surface area (Å²) >= 11 is 12.3. The van der Waals surface area contributed by atoms with E-state index in [4.69, 9.17) is 27.9 Å². The summed E-state index contributed by atoms with van der Waals surface area (Å²) < 4.78 is 34.6. The highest BCUT2D eigenvalue weighted by Crippen LogP contribution is 2.35. The van der Waals surface area contributed by atoms with Crippen LogP contribution in [0.1, 0.15) is 37.8 Å². The van der Waals surface area contributed by atoms with Crippen molar-refractivity contribution in [1.82, 2.24) is 10.2 Å². The van der Waals surface area contributed by atoms with Gasteiger partial charge in [0.2, 0.25) is 11.8 Å². The Kier molecular flexibility index (Phi) is 11.5. The number of carbonyl (C=O) groups is 2. The van der Waals surface area contributed by atoms with Gasteiger partial charge in [-0.05, 0) is 67.8 Å². The minimum absolute atomic E-state index is 0.00471. The highest BCUT2D eigenvalue weighted by Gasteiger charge is 2.34. The first kappa shape index (κ1) is 32.2. The molecule has 0 saturated heterocycles. The number of nitrogens with zero attached hydrogens (tertiary/aromatic N) is 2. The summed E-state index contributed by atoms with van der Waals surface area (Å²) in [4.78, 5) is 28.7. The smallest absolute Gasteiger partial charge is 0.264 e. The lowest BCUT2D eigenvalue weighted by Gasteiger charge is -2.33. The van der Waals surface area contributed by atoms with Gasteiger partial charge >= 0.3 is 0 Å². The number of benzene rings is 3. The molecule has 0 radical (unpaired) electrons. The molecule has 0 aliphatic carbocycles. The Balaban J connectivity index is 2.11. The number of sulfonamides is 1. The van der Waals surface area contributed by atoms with E-state index >= 15 is 0 Å². The maximum atomic E-state index is 14.1. The number of methoxy groups -OCH3 is 1. The van der Waals surface area contributed by atoms with Crippen molar-refractivity contribution >= 4 is 50.7 Å². The van der Waals surface area contributed by atoms with E-state index < -0.39 is 28.5 Å². The van der Waals surface area contributed by atoms with Crippen molar-refractivity contribution in [1.29, 1.82) is 0 Å². The van der Waals surface area contributed by atoms with E-state index in [0.717, 1.165) is 21.9 Å². The lowest BCUT2D eigenvalue weighted by Crippen LogP contribution is -2.52. The van der Waals surface area contributed by atoms with Crippen LogP contribution in [0.3, 0.4) is 0 Å². The van der Waals surface area contributed by atoms with E-state index in [2.05, 4.69) is 5.32 Å². The van der Waals surface area contributed by atoms with Crippen molar-refractivity contribution in [2.75, 3.05) is 24.5 Å². The predicted octanol–water partition coefficient (Wildman–Crippen LogP) is 5.84. The summed E-state index contributed by atoms with van der Waals surface area (Å²) in [6.45, 7) is 5.51. The van der Waals surface area contributed by atoms with Gasteiger partial charge in [-0.15, -0.1) is 0 Å². The van der Waals surface area contributed by atoms with Crippen LogP contribution in [0.15, 0.2) is 71.6 Å². The Hall–Kier alpha value is -3.27. The molecule has 0 saturated carbocycles. The molecule has 1 N–H and O–H groups in total. The lowest BCUT2D eigenvalue weighted by molar-refractivity contribution is -0.140. The van der Waals surface area contributed by atoms with Crippen LogP contribution in [-0.4, -0.2) is 51.4 Å². The number of hydrogen-bond acceptors (Lipinski definition) is 5. The topological polar surface area (TPSA) is 96.0 Å². The molecule has 1 atom stereocenters. The van der Waals surface area contributed by atoms with Gasteiger partial charge in [-0.2, -0.15) is 0 Å². The Morgan fingerprint density at radius 2 is 1.59 bits per heavy atom. The molecule has 0 heterocycles. The van der Waals surface area contributed by atoms with Crippen LogP contribution >= 0.6 is 23.2 Å². The summed E-state index contributed by atoms with van der Waals surface area (Å²) in [6, 6.07) is 17.0. The van der Waals surface area contributed by atoms with E-state index in [0.29, 0.717) is 18.0 Å². The fourth-order valence-electron chi connectivity index (χ4n) is 4.28. The normalized spacial score (nSPS) is 12.0. The van der Waals surface area contributed by atoms with Crippen LogP contribution in [0.5, 0.6) is 5.75 Å². The lowest BCUT2D eigenvalue weighted by atomic mass is 10.1. The zero-order valence-electron chi connectivity index (χ0n) is 23.6. The second-order valence-corrected chi connectivity index (χ2v) is 12.2. The molecule has 3 rings (SSSR count). The summed E-state index contributed by atoms with van der Waals surface area (Å²) in [6.07, 6.45) is 1.05. The first-order chi connectivity index (χ1) is 19.5. The van der Waals surface area contributed by atoms with E-state index in [1.807, 2.05) is 13.8 Å². The highest BCUT2D eigenvalue weighted by atomic mass is 35.5. The molecule has 0 aromatic heterocycles. The summed E-state index contributed by atoms with van der Waals surface area (Å²) in [7, 11) is -2.86. The second-order valence-electron chi connectivity index (χ2n) is 9.50. The molecule has 0 fully saturated rings. The van der Waals surface area contributed by atoms with E-state index in [9.17, 15) is 18.0 Å². The third-order valence-corrected chi connectivity index (χ3v) is 8.76. The summed E-state index contributed by atoms with van der Waals surface area (Å²) in [5.74, 6) is -0.670. The van der Waals surface area contributed by atoms with E-state index in [-0.39, 0.29) is 33.8 Å². The molecule has 0 spiro atoms. The Morgan fingerprint density at radius 1 is 0.951 bits per heavy atom. The third kappa shape index (κ3) is 8.15. The largest absolute Gasteiger partial charge is 0.495 e. The predicted molar refractivity (Wildman–Crippen MR) is 163 cm³/mol. The minimum atomic E-state index is -4.26. The number of anilines is 1. The van der Waals surface area contributed by atoms with Crippen molar-refractivity contribution in [3.63, 3.8) is 0 Å². The molecule has 0 bridgehead atoms. The summed E-state index contributed by atoms with van der Waals surface area (Å²) in [5.41, 5.74) is 1.71. The van der Waals surface area contributed by atoms with Crippen molar-refractivity contribution in [3.8, 4) is 5.75 Å². The molecule has 8 nitrogen and oxygen atoms in total. The standard InChI is InChI=1S/C30H35Cl2N3O5S/c1-5-17-33-30(37)26(6-2)34(19-22-9-11-23(31)12-10-22)29(36)20-35(27-18-24(32)13-16-28(27)40-4)41(38,39)25-14-7-21(3)8-15-25/h7-16,18,26H,5-6,17,19-20H2,1-4H3,(H,33,37). The second kappa shape index (κ2) is 14.6. The quantitative estimate of drug-likeness (QED) is 0.259. The van der Waals surface area contributed by atoms with Gasteiger partial charge in [0.05, 0.1) is 17.7 Å². The fourth-order valence-corrected chi connectivity index (χ4v) is 5.99. The van der Waals surface area contributed by atoms with Crippen LogP contribution in [0.4, 0.5) is 5.69 Å². The molecule has 0 aliphatic rings. The van der Waals surface area contributed by atoms with Gasteiger partial charge in [-0.1, -0.05) is 66.9 Å². The van der Waals surface area contributed by atoms with E-state index in [1.165, 1.54) is 30.2 Å². The van der Waals surface area contributed by atoms with Gasteiger partial charge in [-0.3, -0.25) is 13.9 Å². The zero-order chi connectivity index (χ0) is 30.2. The highest BCUT2D eigenvalue weighted by molar-refractivity contribution is 7.92. The van der Waals surface area contributed by atoms with Crippen LogP contribution in [0.2, 0.25) is 10.0 Å². The Labute approximate surface area is 252 Å². The molecule has 0 aliphatic heterocycles. The van der Waals surface area contributed by atoms with Gasteiger partial charge in [0, 0.05) is 23.1 Å². The number of ether oxygens (including phenoxy) is 1. The zero-order valence-corrected chi connectivity index (χ0v) is 25.9. The van der Waals surface area contributed by atoms with Crippen LogP contribution in [0.25, 0.3) is 0 Å². The molecule has 2 amide bonds. The van der Waals surface area contributed by atoms with E-state index in [1.54, 1.807) is 55.5 Å². The maximum absolute atomic E-state index is 14.1. The Bertz CT molecular complexity index is 1450. The first-order valence-corrected chi connectivity index (χ1v) is 15.5. The van der Waals surface area contributed by atoms with Crippen LogP contribution in [0, 0.1) is 6.92 Å². The minimum Gasteiger partial charge on any atom is -0.495 e. The van der Waals surface area contributed by atoms with Crippen LogP contribution < -0.4 is 14.4 Å². The molecule has 3 aromatic carbocycles. The van der Waals surface area contributed by atoms with Gasteiger partial charge in [0.1, 0.15) is 18.3 Å². The number of carbonyl (C=O) groups excluding carboxylic acids is 2. The van der Waals surface area contributed by atoms with Crippen molar-refractivity contribution in [2.24, 2.45) is 0 Å². The number of halogens is 2. The molecule has 1 unspecified atom stereocenters. The molecular formula is C30H35Cl2N3O5S. The average molecular weight is 621 g/mol. The Morgan fingerprint density at radius 3 is 2.17 bits per heavy atom. The summed E-state index contributed by atoms with van der Waals surface area (Å²) in [5, 5.41) is 3.66. The van der Waals surface area contributed by atoms with Gasteiger partial charge < -0.3 is 15.0 Å². The number of amides is 2. The number of nitrogens with one attached hydrogen (secondary N) is 1. The van der Waals surface area contributed by atoms with Crippen LogP contribution in [-0.2, 0) is 26.2 Å². The fraction of sp³-hybridized carbons (Fsp3) is 0.333. The number of aryl methyl sites for hydroxylation is 1. The molecule has 41 heavy (non-hydrogen) atoms. The van der Waals surface area contributed by atoms with Gasteiger partial charge in [-0.25, -0.2) is 8.42 Å². The maximum Gasteiger partial charge on any atom is 0.264 e. The molecular weight excluding hydrogens is 585 g/mol.